The number of carbonyl (C=O) groups excluding carboxylic acids is 1. The van der Waals surface area contributed by atoms with Crippen molar-refractivity contribution in [2.24, 2.45) is 11.3 Å². The van der Waals surface area contributed by atoms with Gasteiger partial charge in [0, 0.05) is 44.2 Å². The average Bonchev–Trinajstić information content (AvgIpc) is 3.28. The van der Waals surface area contributed by atoms with Crippen molar-refractivity contribution in [2.75, 3.05) is 38.5 Å². The Morgan fingerprint density at radius 1 is 1.12 bits per heavy atom. The SMILES string of the molecule is CC(=O)O.CCCN1CC2CN(C(=O)c3cc(O)ccc3N)CC2(CCc2ccccc2)C1. The predicted octanol–water partition coefficient (Wildman–Crippen LogP) is 3.48. The molecule has 0 spiro atoms. The van der Waals surface area contributed by atoms with Crippen LogP contribution in [0.4, 0.5) is 5.69 Å². The fourth-order valence-corrected chi connectivity index (χ4v) is 5.23. The van der Waals surface area contributed by atoms with Crippen LogP contribution in [0.1, 0.15) is 42.6 Å². The first kappa shape index (κ1) is 24.6. The van der Waals surface area contributed by atoms with Gasteiger partial charge in [0.15, 0.2) is 0 Å². The number of hydrogen-bond acceptors (Lipinski definition) is 5. The Bertz CT molecular complexity index is 961. The van der Waals surface area contributed by atoms with E-state index in [-0.39, 0.29) is 17.1 Å². The highest BCUT2D eigenvalue weighted by atomic mass is 16.4. The summed E-state index contributed by atoms with van der Waals surface area (Å²) < 4.78 is 0. The number of phenols is 1. The molecule has 7 nitrogen and oxygen atoms in total. The summed E-state index contributed by atoms with van der Waals surface area (Å²) >= 11 is 0. The second kappa shape index (κ2) is 10.7. The van der Waals surface area contributed by atoms with E-state index in [0.717, 1.165) is 58.9 Å². The number of rotatable bonds is 6. The number of phenolic OH excluding ortho intramolecular Hbond substituents is 1. The molecule has 0 aromatic heterocycles. The number of nitrogens with two attached hydrogens (primary N) is 1. The number of aromatic hydroxyl groups is 1. The molecule has 2 aliphatic heterocycles. The minimum Gasteiger partial charge on any atom is -0.508 e. The smallest absolute Gasteiger partial charge is 0.300 e. The number of likely N-dealkylation sites (tertiary alicyclic amines) is 2. The maximum Gasteiger partial charge on any atom is 0.300 e. The van der Waals surface area contributed by atoms with Gasteiger partial charge >= 0.3 is 0 Å². The van der Waals surface area contributed by atoms with Crippen LogP contribution in [0.25, 0.3) is 0 Å². The van der Waals surface area contributed by atoms with Crippen molar-refractivity contribution < 1.29 is 19.8 Å². The average molecular weight is 454 g/mol. The van der Waals surface area contributed by atoms with E-state index in [0.29, 0.717) is 17.2 Å². The molecule has 2 atom stereocenters. The summed E-state index contributed by atoms with van der Waals surface area (Å²) in [4.78, 5) is 26.7. The Morgan fingerprint density at radius 3 is 2.48 bits per heavy atom. The molecule has 4 N–H and O–H groups in total. The number of carboxylic acids is 1. The van der Waals surface area contributed by atoms with Crippen LogP contribution in [0.15, 0.2) is 48.5 Å². The van der Waals surface area contributed by atoms with E-state index in [2.05, 4.69) is 42.2 Å². The molecule has 0 radical (unpaired) electrons. The molecule has 2 heterocycles. The molecule has 0 aliphatic carbocycles. The van der Waals surface area contributed by atoms with Gasteiger partial charge in [0.2, 0.25) is 0 Å². The summed E-state index contributed by atoms with van der Waals surface area (Å²) in [6.45, 7) is 8.07. The fourth-order valence-electron chi connectivity index (χ4n) is 5.23. The Kier molecular flexibility index (Phi) is 7.97. The first-order valence-corrected chi connectivity index (χ1v) is 11.6. The van der Waals surface area contributed by atoms with Crippen LogP contribution >= 0.6 is 0 Å². The van der Waals surface area contributed by atoms with Gasteiger partial charge in [-0.25, -0.2) is 0 Å². The van der Waals surface area contributed by atoms with Crippen molar-refractivity contribution >= 4 is 17.6 Å². The largest absolute Gasteiger partial charge is 0.508 e. The lowest BCUT2D eigenvalue weighted by Crippen LogP contribution is -2.37. The topological polar surface area (TPSA) is 107 Å². The molecule has 2 aromatic carbocycles. The second-order valence-corrected chi connectivity index (χ2v) is 9.26. The minimum absolute atomic E-state index is 0.0612. The van der Waals surface area contributed by atoms with Crippen molar-refractivity contribution in [2.45, 2.75) is 33.1 Å². The van der Waals surface area contributed by atoms with E-state index < -0.39 is 5.97 Å². The molecule has 178 valence electrons. The monoisotopic (exact) mass is 453 g/mol. The maximum atomic E-state index is 13.2. The third-order valence-corrected chi connectivity index (χ3v) is 6.68. The number of benzene rings is 2. The number of carboxylic acid groups (broad SMARTS) is 1. The van der Waals surface area contributed by atoms with Crippen molar-refractivity contribution in [1.29, 1.82) is 0 Å². The fraction of sp³-hybridized carbons (Fsp3) is 0.462. The zero-order valence-electron chi connectivity index (χ0n) is 19.5. The third-order valence-electron chi connectivity index (χ3n) is 6.68. The minimum atomic E-state index is -0.833. The zero-order valence-corrected chi connectivity index (χ0v) is 19.5. The van der Waals surface area contributed by atoms with Gasteiger partial charge in [0.25, 0.3) is 11.9 Å². The summed E-state index contributed by atoms with van der Waals surface area (Å²) in [5, 5.41) is 17.2. The van der Waals surface area contributed by atoms with Gasteiger partial charge < -0.3 is 25.7 Å². The van der Waals surface area contributed by atoms with E-state index in [1.54, 1.807) is 6.07 Å². The number of amides is 1. The molecule has 0 bridgehead atoms. The molecule has 7 heteroatoms. The quantitative estimate of drug-likeness (QED) is 0.457. The summed E-state index contributed by atoms with van der Waals surface area (Å²) in [6, 6.07) is 15.2. The number of anilines is 1. The zero-order chi connectivity index (χ0) is 24.0. The summed E-state index contributed by atoms with van der Waals surface area (Å²) in [6.07, 6.45) is 3.28. The van der Waals surface area contributed by atoms with Crippen LogP contribution in [-0.2, 0) is 11.2 Å². The Hall–Kier alpha value is -3.06. The standard InChI is InChI=1S/C24H31N3O2.C2H4O2/c1-2-12-26-14-19-15-27(23(29)21-13-20(28)8-9-22(21)25)17-24(19,16-26)11-10-18-6-4-3-5-7-18;1-2(3)4/h3-9,13,19,28H,2,10-12,14-17,25H2,1H3;1H3,(H,3,4). The molecule has 4 rings (SSSR count). The Morgan fingerprint density at radius 2 is 1.82 bits per heavy atom. The normalized spacial score (nSPS) is 21.9. The molecule has 2 fully saturated rings. The van der Waals surface area contributed by atoms with E-state index in [4.69, 9.17) is 15.6 Å². The third kappa shape index (κ3) is 6.05. The van der Waals surface area contributed by atoms with E-state index in [1.165, 1.54) is 17.7 Å². The van der Waals surface area contributed by atoms with E-state index in [9.17, 15) is 9.90 Å². The molecule has 2 aromatic rings. The van der Waals surface area contributed by atoms with Crippen LogP contribution in [0.5, 0.6) is 5.75 Å². The van der Waals surface area contributed by atoms with Gasteiger partial charge in [-0.05, 0) is 55.5 Å². The highest BCUT2D eigenvalue weighted by Crippen LogP contribution is 2.46. The lowest BCUT2D eigenvalue weighted by atomic mass is 9.76. The second-order valence-electron chi connectivity index (χ2n) is 9.26. The van der Waals surface area contributed by atoms with E-state index >= 15 is 0 Å². The van der Waals surface area contributed by atoms with Gasteiger partial charge in [-0.2, -0.15) is 0 Å². The summed E-state index contributed by atoms with van der Waals surface area (Å²) in [5.74, 6) is -0.330. The Labute approximate surface area is 195 Å². The molecular weight excluding hydrogens is 418 g/mol. The van der Waals surface area contributed by atoms with Gasteiger partial charge in [0.1, 0.15) is 5.75 Å². The molecule has 1 amide bonds. The van der Waals surface area contributed by atoms with Crippen molar-refractivity contribution in [3.8, 4) is 5.75 Å². The van der Waals surface area contributed by atoms with E-state index in [1.807, 2.05) is 4.90 Å². The number of nitrogen functional groups attached to an aromatic ring is 1. The van der Waals surface area contributed by atoms with Crippen molar-refractivity contribution in [1.82, 2.24) is 9.80 Å². The van der Waals surface area contributed by atoms with Crippen LogP contribution in [0.2, 0.25) is 0 Å². The lowest BCUT2D eigenvalue weighted by Gasteiger charge is -2.30. The van der Waals surface area contributed by atoms with Crippen LogP contribution in [0, 0.1) is 11.3 Å². The molecule has 2 saturated heterocycles. The first-order valence-electron chi connectivity index (χ1n) is 11.6. The summed E-state index contributed by atoms with van der Waals surface area (Å²) in [7, 11) is 0. The van der Waals surface area contributed by atoms with Gasteiger partial charge in [-0.1, -0.05) is 37.3 Å². The van der Waals surface area contributed by atoms with Crippen LogP contribution in [-0.4, -0.2) is 64.6 Å². The van der Waals surface area contributed by atoms with Crippen LogP contribution < -0.4 is 5.73 Å². The first-order chi connectivity index (χ1) is 15.7. The lowest BCUT2D eigenvalue weighted by molar-refractivity contribution is -0.134. The molecule has 2 unspecified atom stereocenters. The number of aliphatic carboxylic acids is 1. The number of fused-ring (bicyclic) bond motifs is 1. The van der Waals surface area contributed by atoms with Crippen LogP contribution in [0.3, 0.4) is 0 Å². The molecule has 33 heavy (non-hydrogen) atoms. The van der Waals surface area contributed by atoms with Gasteiger partial charge in [0.05, 0.1) is 5.56 Å². The predicted molar refractivity (Wildman–Crippen MR) is 129 cm³/mol. The van der Waals surface area contributed by atoms with Gasteiger partial charge in [-0.15, -0.1) is 0 Å². The molecule has 2 aliphatic rings. The highest BCUT2D eigenvalue weighted by molar-refractivity contribution is 5.99. The highest BCUT2D eigenvalue weighted by Gasteiger charge is 2.52. The van der Waals surface area contributed by atoms with Gasteiger partial charge in [-0.3, -0.25) is 9.59 Å². The molecular formula is C26H35N3O4. The van der Waals surface area contributed by atoms with Crippen molar-refractivity contribution in [3.05, 3.63) is 59.7 Å². The number of hydrogen-bond donors (Lipinski definition) is 3. The molecule has 0 saturated carbocycles. The maximum absolute atomic E-state index is 13.2. The number of aryl methyl sites for hydroxylation is 1. The number of carbonyl (C=O) groups is 2. The number of nitrogens with zero attached hydrogens (tertiary/aromatic N) is 2. The summed E-state index contributed by atoms with van der Waals surface area (Å²) in [5.41, 5.74) is 8.36. The Balaban J connectivity index is 0.000000709. The van der Waals surface area contributed by atoms with Crippen molar-refractivity contribution in [3.63, 3.8) is 0 Å².